The maximum absolute atomic E-state index is 13.2. The molecule has 0 saturated heterocycles. The van der Waals surface area contributed by atoms with Gasteiger partial charge in [0, 0.05) is 22.3 Å². The van der Waals surface area contributed by atoms with Crippen molar-refractivity contribution in [2.24, 2.45) is 42.1 Å². The number of ketones is 2. The fourth-order valence-corrected chi connectivity index (χ4v) is 5.71. The van der Waals surface area contributed by atoms with E-state index >= 15 is 0 Å². The third-order valence-corrected chi connectivity index (χ3v) is 8.66. The number of azo groups is 2. The molecule has 2 aliphatic rings. The molecule has 256 valence electrons. The standard InChI is InChI=1S/C42H49ClN4O2/c1-39(2,3)31-19-26(20-32(37(31)48)40(4,5)6)24-44-46-30-16-13-28(14-17-30)29-15-18-36(35(43)23-29)47-45-25-27-21-33(41(7,8)9)38(49)34(22-27)42(10,11)12/h13-25H,1-12H3/b46-44+,47-45+. The zero-order valence-corrected chi connectivity index (χ0v) is 31.7. The van der Waals surface area contributed by atoms with Crippen LogP contribution in [0.25, 0.3) is 11.1 Å². The number of carbonyl (C=O) groups excluding carboxylic acids is 2. The van der Waals surface area contributed by atoms with Gasteiger partial charge in [0.05, 0.1) is 23.1 Å². The minimum absolute atomic E-state index is 0.0820. The van der Waals surface area contributed by atoms with Crippen molar-refractivity contribution in [2.45, 2.75) is 83.1 Å². The Hall–Kier alpha value is -4.29. The molecule has 0 amide bonds. The predicted molar refractivity (Wildman–Crippen MR) is 202 cm³/mol. The number of allylic oxidation sites excluding steroid dienone is 10. The normalized spacial score (nSPS) is 16.6. The Morgan fingerprint density at radius 2 is 0.878 bits per heavy atom. The number of nitrogens with zero attached hydrogens (tertiary/aromatic N) is 4. The molecular formula is C42H49ClN4O2. The van der Waals surface area contributed by atoms with E-state index in [0.717, 1.165) is 44.6 Å². The first-order valence-corrected chi connectivity index (χ1v) is 17.0. The lowest BCUT2D eigenvalue weighted by molar-refractivity contribution is -0.114. The number of halogens is 1. The minimum Gasteiger partial charge on any atom is -0.289 e. The Labute approximate surface area is 297 Å². The van der Waals surface area contributed by atoms with Crippen LogP contribution in [0, 0.1) is 21.7 Å². The molecule has 2 aromatic carbocycles. The summed E-state index contributed by atoms with van der Waals surface area (Å²) in [6, 6.07) is 13.4. The van der Waals surface area contributed by atoms with E-state index in [-0.39, 0.29) is 33.2 Å². The van der Waals surface area contributed by atoms with Gasteiger partial charge in [-0.3, -0.25) is 9.59 Å². The second kappa shape index (κ2) is 13.9. The highest BCUT2D eigenvalue weighted by molar-refractivity contribution is 6.33. The van der Waals surface area contributed by atoms with Gasteiger partial charge < -0.3 is 0 Å². The summed E-state index contributed by atoms with van der Waals surface area (Å²) in [6.07, 6.45) is 11.0. The zero-order valence-electron chi connectivity index (χ0n) is 31.0. The first-order chi connectivity index (χ1) is 22.6. The summed E-state index contributed by atoms with van der Waals surface area (Å²) in [4.78, 5) is 26.4. The van der Waals surface area contributed by atoms with E-state index in [9.17, 15) is 9.59 Å². The van der Waals surface area contributed by atoms with Crippen LogP contribution in [0.2, 0.25) is 5.02 Å². The van der Waals surface area contributed by atoms with Crippen LogP contribution in [-0.2, 0) is 9.59 Å². The molecule has 49 heavy (non-hydrogen) atoms. The van der Waals surface area contributed by atoms with Crippen LogP contribution < -0.4 is 0 Å². The number of hydrogen-bond acceptors (Lipinski definition) is 6. The molecule has 7 heteroatoms. The average Bonchev–Trinajstić information content (AvgIpc) is 2.97. The van der Waals surface area contributed by atoms with Gasteiger partial charge in [-0.05, 0) is 92.5 Å². The maximum atomic E-state index is 13.2. The quantitative estimate of drug-likeness (QED) is 0.295. The van der Waals surface area contributed by atoms with Crippen LogP contribution in [0.1, 0.15) is 83.1 Å². The molecule has 0 aliphatic heterocycles. The van der Waals surface area contributed by atoms with E-state index in [2.05, 4.69) is 62.0 Å². The molecule has 0 saturated carbocycles. The molecule has 0 atom stereocenters. The molecule has 2 aliphatic carbocycles. The third-order valence-electron chi connectivity index (χ3n) is 8.36. The molecule has 0 bridgehead atoms. The molecule has 0 heterocycles. The second-order valence-electron chi connectivity index (χ2n) is 16.8. The summed E-state index contributed by atoms with van der Waals surface area (Å²) in [7, 11) is 0. The monoisotopic (exact) mass is 676 g/mol. The van der Waals surface area contributed by atoms with Crippen LogP contribution in [0.5, 0.6) is 0 Å². The smallest absolute Gasteiger partial charge is 0.186 e. The minimum atomic E-state index is -0.296. The van der Waals surface area contributed by atoms with E-state index in [4.69, 9.17) is 11.6 Å². The number of Topliss-reactive ketones (excluding diaryl/α,β-unsaturated/α-hetero) is 2. The van der Waals surface area contributed by atoms with Gasteiger partial charge in [0.15, 0.2) is 11.6 Å². The largest absolute Gasteiger partial charge is 0.289 e. The van der Waals surface area contributed by atoms with Crippen molar-refractivity contribution in [1.82, 2.24) is 0 Å². The first kappa shape index (κ1) is 37.5. The van der Waals surface area contributed by atoms with E-state index in [1.54, 1.807) is 12.4 Å². The Balaban J connectivity index is 1.51. The number of hydrogen-bond donors (Lipinski definition) is 0. The molecule has 0 unspecified atom stereocenters. The lowest BCUT2D eigenvalue weighted by atomic mass is 9.72. The maximum Gasteiger partial charge on any atom is 0.186 e. The Morgan fingerprint density at radius 1 is 0.510 bits per heavy atom. The molecule has 0 N–H and O–H groups in total. The average molecular weight is 677 g/mol. The molecule has 2 aromatic rings. The Kier molecular flexibility index (Phi) is 10.7. The third kappa shape index (κ3) is 9.24. The molecular weight excluding hydrogens is 628 g/mol. The summed E-state index contributed by atoms with van der Waals surface area (Å²) < 4.78 is 0. The zero-order chi connectivity index (χ0) is 36.5. The highest BCUT2D eigenvalue weighted by Crippen LogP contribution is 2.40. The van der Waals surface area contributed by atoms with E-state index in [1.165, 1.54) is 0 Å². The number of carbonyl (C=O) groups is 2. The topological polar surface area (TPSA) is 83.6 Å². The van der Waals surface area contributed by atoms with Crippen molar-refractivity contribution in [1.29, 1.82) is 0 Å². The van der Waals surface area contributed by atoms with Crippen LogP contribution in [0.3, 0.4) is 0 Å². The highest BCUT2D eigenvalue weighted by Gasteiger charge is 2.35. The van der Waals surface area contributed by atoms with Crippen LogP contribution in [0.15, 0.2) is 133 Å². The van der Waals surface area contributed by atoms with Crippen LogP contribution >= 0.6 is 11.6 Å². The lowest BCUT2D eigenvalue weighted by Crippen LogP contribution is -2.27. The van der Waals surface area contributed by atoms with Crippen molar-refractivity contribution in [3.8, 4) is 11.1 Å². The number of benzene rings is 2. The Morgan fingerprint density at radius 3 is 1.24 bits per heavy atom. The summed E-state index contributed by atoms with van der Waals surface area (Å²) in [5, 5.41) is 17.9. The van der Waals surface area contributed by atoms with E-state index in [0.29, 0.717) is 16.4 Å². The lowest BCUT2D eigenvalue weighted by Gasteiger charge is -2.31. The van der Waals surface area contributed by atoms with Gasteiger partial charge in [-0.25, -0.2) is 0 Å². The van der Waals surface area contributed by atoms with Crippen molar-refractivity contribution in [3.63, 3.8) is 0 Å². The van der Waals surface area contributed by atoms with Crippen molar-refractivity contribution in [2.75, 3.05) is 0 Å². The van der Waals surface area contributed by atoms with Gasteiger partial charge in [-0.1, -0.05) is 113 Å². The van der Waals surface area contributed by atoms with E-state index < -0.39 is 0 Å². The van der Waals surface area contributed by atoms with E-state index in [1.807, 2.05) is 108 Å². The van der Waals surface area contributed by atoms with Gasteiger partial charge in [-0.2, -0.15) is 15.3 Å². The fourth-order valence-electron chi connectivity index (χ4n) is 5.49. The molecule has 0 radical (unpaired) electrons. The molecule has 0 fully saturated rings. The van der Waals surface area contributed by atoms with Crippen molar-refractivity contribution < 1.29 is 9.59 Å². The van der Waals surface area contributed by atoms with Crippen molar-refractivity contribution in [3.05, 3.63) is 118 Å². The molecule has 6 nitrogen and oxygen atoms in total. The summed E-state index contributed by atoms with van der Waals surface area (Å²) >= 11 is 6.63. The second-order valence-corrected chi connectivity index (χ2v) is 17.2. The first-order valence-electron chi connectivity index (χ1n) is 16.7. The Bertz CT molecular complexity index is 1830. The van der Waals surface area contributed by atoms with Gasteiger partial charge in [0.25, 0.3) is 0 Å². The predicted octanol–water partition coefficient (Wildman–Crippen LogP) is 13.0. The SMILES string of the molecule is CC(C)(C)C1=CC(=C/N=N/c2ccc(-c3ccc(/N=N/C=C4C=C(C(C)(C)C)C(=O)C(C(C)(C)C)=C4)c(Cl)c3)cc2)C=C(C(C)(C)C)C1=O. The molecule has 4 rings (SSSR count). The van der Waals surface area contributed by atoms with Crippen LogP contribution in [-0.4, -0.2) is 11.6 Å². The summed E-state index contributed by atoms with van der Waals surface area (Å²) in [6.45, 7) is 24.6. The van der Waals surface area contributed by atoms with Gasteiger partial charge in [0.1, 0.15) is 5.69 Å². The van der Waals surface area contributed by atoms with Gasteiger partial charge in [-0.15, -0.1) is 5.11 Å². The molecule has 0 spiro atoms. The van der Waals surface area contributed by atoms with Gasteiger partial charge >= 0.3 is 0 Å². The fraction of sp³-hybridized carbons (Fsp3) is 0.381. The number of rotatable bonds is 5. The summed E-state index contributed by atoms with van der Waals surface area (Å²) in [5.74, 6) is 0.175. The van der Waals surface area contributed by atoms with Crippen LogP contribution in [0.4, 0.5) is 11.4 Å². The summed E-state index contributed by atoms with van der Waals surface area (Å²) in [5.41, 5.74) is 6.73. The van der Waals surface area contributed by atoms with Gasteiger partial charge in [0.2, 0.25) is 0 Å². The molecule has 0 aromatic heterocycles. The van der Waals surface area contributed by atoms with Crippen molar-refractivity contribution >= 4 is 34.5 Å². The highest BCUT2D eigenvalue weighted by atomic mass is 35.5.